The number of hydrogen-bond acceptors (Lipinski definition) is 6. The second kappa shape index (κ2) is 9.16. The molecule has 6 nitrogen and oxygen atoms in total. The molecule has 0 aliphatic carbocycles. The van der Waals surface area contributed by atoms with E-state index in [1.54, 1.807) is 25.3 Å². The van der Waals surface area contributed by atoms with Gasteiger partial charge in [0.05, 0.1) is 25.7 Å². The molecule has 1 aliphatic heterocycles. The Hall–Kier alpha value is -2.45. The van der Waals surface area contributed by atoms with Crippen molar-refractivity contribution in [3.63, 3.8) is 0 Å². The lowest BCUT2D eigenvalue weighted by Crippen LogP contribution is -2.32. The van der Waals surface area contributed by atoms with Gasteiger partial charge < -0.3 is 14.2 Å². The van der Waals surface area contributed by atoms with Crippen molar-refractivity contribution in [1.82, 2.24) is 4.90 Å². The smallest absolute Gasteiger partial charge is 0.293 e. The first kappa shape index (κ1) is 20.3. The molecule has 0 spiro atoms. The van der Waals surface area contributed by atoms with Crippen LogP contribution in [0.4, 0.5) is 4.79 Å². The van der Waals surface area contributed by atoms with Crippen LogP contribution in [-0.2, 0) is 4.79 Å². The molecule has 3 rings (SSSR count). The molecule has 2 amide bonds. The number of rotatable bonds is 7. The molecule has 1 fully saturated rings. The van der Waals surface area contributed by atoms with Gasteiger partial charge in [0.2, 0.25) is 0 Å². The number of nitrogens with zero attached hydrogens (tertiary/aromatic N) is 1. The van der Waals surface area contributed by atoms with Crippen molar-refractivity contribution < 1.29 is 23.8 Å². The van der Waals surface area contributed by atoms with Crippen LogP contribution in [0.5, 0.6) is 17.2 Å². The lowest BCUT2D eigenvalue weighted by atomic mass is 10.2. The van der Waals surface area contributed by atoms with E-state index in [1.165, 1.54) is 12.0 Å². The van der Waals surface area contributed by atoms with E-state index in [0.29, 0.717) is 27.7 Å². The molecule has 0 bridgehead atoms. The number of amides is 2. The van der Waals surface area contributed by atoms with Crippen molar-refractivity contribution in [2.24, 2.45) is 0 Å². The summed E-state index contributed by atoms with van der Waals surface area (Å²) in [6.07, 6.45) is 1.66. The van der Waals surface area contributed by atoms with E-state index in [2.05, 4.69) is 15.9 Å². The molecule has 2 aromatic carbocycles. The molecule has 2 aromatic rings. The Labute approximate surface area is 175 Å². The molecule has 28 heavy (non-hydrogen) atoms. The molecule has 1 aliphatic rings. The second-order valence-electron chi connectivity index (χ2n) is 5.72. The number of hydrogen-bond donors (Lipinski definition) is 0. The van der Waals surface area contributed by atoms with E-state index in [-0.39, 0.29) is 24.3 Å². The van der Waals surface area contributed by atoms with Gasteiger partial charge in [-0.25, -0.2) is 0 Å². The number of carbonyl (C=O) groups excluding carboxylic acids is 2. The number of carbonyl (C=O) groups is 2. The average molecular weight is 464 g/mol. The highest BCUT2D eigenvalue weighted by Crippen LogP contribution is 2.37. The zero-order valence-electron chi connectivity index (χ0n) is 15.3. The van der Waals surface area contributed by atoms with Gasteiger partial charge in [0, 0.05) is 4.47 Å². The van der Waals surface area contributed by atoms with Crippen molar-refractivity contribution in [2.75, 3.05) is 27.4 Å². The van der Waals surface area contributed by atoms with Gasteiger partial charge in [-0.3, -0.25) is 14.5 Å². The van der Waals surface area contributed by atoms with Crippen molar-refractivity contribution in [1.29, 1.82) is 0 Å². The number of benzene rings is 2. The van der Waals surface area contributed by atoms with Gasteiger partial charge >= 0.3 is 0 Å². The second-order valence-corrected chi connectivity index (χ2v) is 7.57. The highest BCUT2D eigenvalue weighted by atomic mass is 79.9. The van der Waals surface area contributed by atoms with E-state index < -0.39 is 0 Å². The first-order chi connectivity index (χ1) is 13.5. The van der Waals surface area contributed by atoms with Crippen LogP contribution in [0, 0.1) is 0 Å². The number of methoxy groups -OCH3 is 2. The zero-order chi connectivity index (χ0) is 20.1. The fourth-order valence-corrected chi connectivity index (χ4v) is 3.88. The van der Waals surface area contributed by atoms with Crippen molar-refractivity contribution in [3.8, 4) is 17.2 Å². The molecule has 1 heterocycles. The van der Waals surface area contributed by atoms with E-state index in [0.717, 1.165) is 16.2 Å². The summed E-state index contributed by atoms with van der Waals surface area (Å²) in [6, 6.07) is 12.8. The zero-order valence-corrected chi connectivity index (χ0v) is 17.7. The Kier molecular flexibility index (Phi) is 6.64. The summed E-state index contributed by atoms with van der Waals surface area (Å²) in [6.45, 7) is 0.416. The third-order valence-electron chi connectivity index (χ3n) is 3.99. The van der Waals surface area contributed by atoms with E-state index in [4.69, 9.17) is 14.2 Å². The fourth-order valence-electron chi connectivity index (χ4n) is 2.59. The van der Waals surface area contributed by atoms with Gasteiger partial charge in [0.25, 0.3) is 11.1 Å². The van der Waals surface area contributed by atoms with Gasteiger partial charge in [-0.1, -0.05) is 34.1 Å². The topological polar surface area (TPSA) is 65.1 Å². The summed E-state index contributed by atoms with van der Waals surface area (Å²) in [5.74, 6) is 1.46. The van der Waals surface area contributed by atoms with Crippen LogP contribution in [0.15, 0.2) is 51.8 Å². The van der Waals surface area contributed by atoms with Crippen LogP contribution in [0.25, 0.3) is 6.08 Å². The molecule has 0 unspecified atom stereocenters. The van der Waals surface area contributed by atoms with Gasteiger partial charge in [-0.05, 0) is 47.7 Å². The fraction of sp³-hybridized carbons (Fsp3) is 0.200. The van der Waals surface area contributed by atoms with Gasteiger partial charge in [-0.15, -0.1) is 0 Å². The Morgan fingerprint density at radius 3 is 2.43 bits per heavy atom. The summed E-state index contributed by atoms with van der Waals surface area (Å²) in [5.41, 5.74) is 0.712. The number of ether oxygens (including phenoxy) is 3. The molecular weight excluding hydrogens is 446 g/mol. The molecule has 1 saturated heterocycles. The van der Waals surface area contributed by atoms with Crippen molar-refractivity contribution in [2.45, 2.75) is 0 Å². The Bertz CT molecular complexity index is 916. The molecule has 0 atom stereocenters. The monoisotopic (exact) mass is 463 g/mol. The Morgan fingerprint density at radius 1 is 1.07 bits per heavy atom. The maximum Gasteiger partial charge on any atom is 0.293 e. The number of thioether (sulfide) groups is 1. The SMILES string of the molecule is COc1cc(Br)c(/C=C2\SC(=O)N(CCOc3ccccc3)C2=O)cc1OC. The Morgan fingerprint density at radius 2 is 1.75 bits per heavy atom. The van der Waals surface area contributed by atoms with Crippen LogP contribution >= 0.6 is 27.7 Å². The van der Waals surface area contributed by atoms with Gasteiger partial charge in [-0.2, -0.15) is 0 Å². The lowest BCUT2D eigenvalue weighted by Gasteiger charge is -2.13. The highest BCUT2D eigenvalue weighted by Gasteiger charge is 2.35. The quantitative estimate of drug-likeness (QED) is 0.559. The van der Waals surface area contributed by atoms with Crippen LogP contribution in [0.1, 0.15) is 5.56 Å². The normalized spacial score (nSPS) is 15.2. The average Bonchev–Trinajstić information content (AvgIpc) is 2.97. The van der Waals surface area contributed by atoms with Gasteiger partial charge in [0.1, 0.15) is 12.4 Å². The van der Waals surface area contributed by atoms with Crippen LogP contribution in [0.3, 0.4) is 0 Å². The molecule has 0 N–H and O–H groups in total. The first-order valence-electron chi connectivity index (χ1n) is 8.38. The maximum atomic E-state index is 12.6. The summed E-state index contributed by atoms with van der Waals surface area (Å²) < 4.78 is 16.9. The minimum Gasteiger partial charge on any atom is -0.493 e. The summed E-state index contributed by atoms with van der Waals surface area (Å²) in [4.78, 5) is 26.4. The molecule has 8 heteroatoms. The number of imide groups is 1. The highest BCUT2D eigenvalue weighted by molar-refractivity contribution is 9.10. The predicted octanol–water partition coefficient (Wildman–Crippen LogP) is 4.58. The lowest BCUT2D eigenvalue weighted by molar-refractivity contribution is -0.123. The summed E-state index contributed by atoms with van der Waals surface area (Å²) in [5, 5.41) is -0.315. The van der Waals surface area contributed by atoms with Crippen molar-refractivity contribution in [3.05, 3.63) is 57.4 Å². The van der Waals surface area contributed by atoms with E-state index in [1.807, 2.05) is 30.3 Å². The standard InChI is InChI=1S/C20H18BrNO5S/c1-25-16-10-13(15(21)12-17(16)26-2)11-18-19(23)22(20(24)28-18)8-9-27-14-6-4-3-5-7-14/h3-7,10-12H,8-9H2,1-2H3/b18-11-. The molecule has 0 radical (unpaired) electrons. The van der Waals surface area contributed by atoms with Crippen LogP contribution in [0.2, 0.25) is 0 Å². The largest absolute Gasteiger partial charge is 0.493 e. The molecule has 0 saturated carbocycles. The van der Waals surface area contributed by atoms with E-state index in [9.17, 15) is 9.59 Å². The molecule has 0 aromatic heterocycles. The first-order valence-corrected chi connectivity index (χ1v) is 9.99. The third-order valence-corrected chi connectivity index (χ3v) is 5.58. The maximum absolute atomic E-state index is 12.6. The van der Waals surface area contributed by atoms with Crippen molar-refractivity contribution >= 4 is 44.9 Å². The number of para-hydroxylation sites is 1. The minimum absolute atomic E-state index is 0.185. The third kappa shape index (κ3) is 4.51. The summed E-state index contributed by atoms with van der Waals surface area (Å²) in [7, 11) is 3.09. The van der Waals surface area contributed by atoms with Crippen LogP contribution < -0.4 is 14.2 Å². The number of halogens is 1. The summed E-state index contributed by atoms with van der Waals surface area (Å²) >= 11 is 4.36. The van der Waals surface area contributed by atoms with E-state index >= 15 is 0 Å². The molecular formula is C20H18BrNO5S. The minimum atomic E-state index is -0.339. The Balaban J connectivity index is 1.72. The van der Waals surface area contributed by atoms with Gasteiger partial charge in [0.15, 0.2) is 11.5 Å². The predicted molar refractivity (Wildman–Crippen MR) is 112 cm³/mol. The molecule has 146 valence electrons. The van der Waals surface area contributed by atoms with Crippen LogP contribution in [-0.4, -0.2) is 43.4 Å².